The highest BCUT2D eigenvalue weighted by Gasteiger charge is 2.24. The number of nitriles is 1. The van der Waals surface area contributed by atoms with Crippen molar-refractivity contribution in [2.24, 2.45) is 0 Å². The Labute approximate surface area is 206 Å². The number of fused-ring (bicyclic) bond motifs is 2. The van der Waals surface area contributed by atoms with E-state index in [1.165, 1.54) is 16.3 Å². The van der Waals surface area contributed by atoms with E-state index in [4.69, 9.17) is 15.0 Å². The minimum atomic E-state index is -0.217. The monoisotopic (exact) mass is 482 g/mol. The van der Waals surface area contributed by atoms with Crippen LogP contribution in [0, 0.1) is 11.3 Å². The van der Waals surface area contributed by atoms with Crippen molar-refractivity contribution in [2.45, 2.75) is 18.0 Å². The summed E-state index contributed by atoms with van der Waals surface area (Å²) in [7, 11) is 1.63. The van der Waals surface area contributed by atoms with Gasteiger partial charge in [-0.05, 0) is 73.0 Å². The predicted molar refractivity (Wildman–Crippen MR) is 136 cm³/mol. The van der Waals surface area contributed by atoms with E-state index < -0.39 is 0 Å². The molecule has 5 rings (SSSR count). The molecule has 1 aliphatic heterocycles. The number of carbonyl (C=O) groups excluding carboxylic acids is 1. The highest BCUT2D eigenvalue weighted by molar-refractivity contribution is 7.99. The number of methoxy groups -OCH3 is 1. The summed E-state index contributed by atoms with van der Waals surface area (Å²) in [6.45, 7) is 0.645. The molecule has 7 nitrogen and oxygen atoms in total. The predicted octanol–water partition coefficient (Wildman–Crippen LogP) is 4.34. The second-order valence-electron chi connectivity index (χ2n) is 8.14. The summed E-state index contributed by atoms with van der Waals surface area (Å²) in [4.78, 5) is 33.2. The van der Waals surface area contributed by atoms with Crippen LogP contribution in [-0.2, 0) is 11.2 Å². The number of anilines is 1. The van der Waals surface area contributed by atoms with E-state index in [-0.39, 0.29) is 17.2 Å². The van der Waals surface area contributed by atoms with Crippen LogP contribution in [0.15, 0.2) is 76.7 Å². The lowest BCUT2D eigenvalue weighted by Gasteiger charge is -2.29. The van der Waals surface area contributed by atoms with Crippen LogP contribution in [0.1, 0.15) is 17.5 Å². The first-order valence-electron chi connectivity index (χ1n) is 11.2. The third-order valence-electron chi connectivity index (χ3n) is 6.03. The van der Waals surface area contributed by atoms with Crippen molar-refractivity contribution in [3.05, 3.63) is 88.2 Å². The van der Waals surface area contributed by atoms with Crippen LogP contribution >= 0.6 is 11.8 Å². The van der Waals surface area contributed by atoms with Crippen LogP contribution < -0.4 is 15.2 Å². The number of hydrogen-bond donors (Lipinski definition) is 0. The Hall–Kier alpha value is -4.09. The van der Waals surface area contributed by atoms with Crippen molar-refractivity contribution in [3.63, 3.8) is 0 Å². The third kappa shape index (κ3) is 4.38. The minimum absolute atomic E-state index is 0.0464. The number of aromatic nitrogens is 2. The summed E-state index contributed by atoms with van der Waals surface area (Å²) >= 11 is 1.24. The molecule has 2 heterocycles. The van der Waals surface area contributed by atoms with Crippen molar-refractivity contribution in [1.82, 2.24) is 9.55 Å². The first kappa shape index (κ1) is 22.7. The van der Waals surface area contributed by atoms with Gasteiger partial charge in [0.15, 0.2) is 5.16 Å². The molecule has 1 aromatic heterocycles. The van der Waals surface area contributed by atoms with E-state index in [1.807, 2.05) is 24.3 Å². The smallest absolute Gasteiger partial charge is 0.266 e. The van der Waals surface area contributed by atoms with Gasteiger partial charge in [-0.25, -0.2) is 4.98 Å². The van der Waals surface area contributed by atoms with E-state index >= 15 is 0 Å². The standard InChI is InChI=1S/C27H22N4O3S/c1-34-21-12-13-24-19(15-21)5-4-14-30(24)25(32)17-35-27-29-23-7-3-2-6-22(23)26(33)31(27)20-10-8-18(16-28)9-11-20/h2-3,6-13,15H,4-5,14,17H2,1H3. The fraction of sp³-hybridized carbons (Fsp3) is 0.185. The van der Waals surface area contributed by atoms with Gasteiger partial charge >= 0.3 is 0 Å². The molecule has 0 atom stereocenters. The average Bonchev–Trinajstić information content (AvgIpc) is 2.91. The molecule has 0 aliphatic carbocycles. The van der Waals surface area contributed by atoms with Crippen molar-refractivity contribution in [1.29, 1.82) is 5.26 Å². The molecule has 8 heteroatoms. The van der Waals surface area contributed by atoms with E-state index in [0.717, 1.165) is 29.8 Å². The number of amides is 1. The van der Waals surface area contributed by atoms with Crippen molar-refractivity contribution in [3.8, 4) is 17.5 Å². The fourth-order valence-electron chi connectivity index (χ4n) is 4.29. The molecule has 174 valence electrons. The SMILES string of the molecule is COc1ccc2c(c1)CCCN2C(=O)CSc1nc2ccccc2c(=O)n1-c1ccc(C#N)cc1. The molecular weight excluding hydrogens is 460 g/mol. The second kappa shape index (κ2) is 9.65. The Balaban J connectivity index is 1.48. The van der Waals surface area contributed by atoms with Gasteiger partial charge in [-0.3, -0.25) is 14.2 Å². The van der Waals surface area contributed by atoms with Crippen molar-refractivity contribution < 1.29 is 9.53 Å². The van der Waals surface area contributed by atoms with E-state index in [2.05, 4.69) is 6.07 Å². The fourth-order valence-corrected chi connectivity index (χ4v) is 5.17. The minimum Gasteiger partial charge on any atom is -0.497 e. The summed E-state index contributed by atoms with van der Waals surface area (Å²) < 4.78 is 6.84. The van der Waals surface area contributed by atoms with Gasteiger partial charge in [0.25, 0.3) is 5.56 Å². The lowest BCUT2D eigenvalue weighted by molar-refractivity contribution is -0.116. The molecule has 0 radical (unpaired) electrons. The van der Waals surface area contributed by atoms with Crippen LogP contribution in [0.4, 0.5) is 5.69 Å². The molecule has 4 aromatic rings. The van der Waals surface area contributed by atoms with Crippen LogP contribution in [0.25, 0.3) is 16.6 Å². The van der Waals surface area contributed by atoms with E-state index in [1.54, 1.807) is 54.5 Å². The van der Waals surface area contributed by atoms with Gasteiger partial charge < -0.3 is 9.64 Å². The van der Waals surface area contributed by atoms with Gasteiger partial charge in [-0.15, -0.1) is 0 Å². The Morgan fingerprint density at radius 2 is 1.94 bits per heavy atom. The lowest BCUT2D eigenvalue weighted by atomic mass is 10.0. The van der Waals surface area contributed by atoms with E-state index in [9.17, 15) is 9.59 Å². The molecule has 0 spiro atoms. The zero-order valence-corrected chi connectivity index (χ0v) is 19.9. The largest absolute Gasteiger partial charge is 0.497 e. The Bertz CT molecular complexity index is 1520. The first-order chi connectivity index (χ1) is 17.1. The summed E-state index contributed by atoms with van der Waals surface area (Å²) in [5, 5.41) is 10.1. The summed E-state index contributed by atoms with van der Waals surface area (Å²) in [5.74, 6) is 0.862. The van der Waals surface area contributed by atoms with Crippen LogP contribution in [0.5, 0.6) is 5.75 Å². The normalized spacial score (nSPS) is 12.7. The molecule has 0 bridgehead atoms. The Kier molecular flexibility index (Phi) is 6.25. The number of aryl methyl sites for hydroxylation is 1. The molecule has 0 unspecified atom stereocenters. The maximum Gasteiger partial charge on any atom is 0.266 e. The molecule has 35 heavy (non-hydrogen) atoms. The Morgan fingerprint density at radius 3 is 2.71 bits per heavy atom. The quantitative estimate of drug-likeness (QED) is 0.311. The molecular formula is C27H22N4O3S. The lowest BCUT2D eigenvalue weighted by Crippen LogP contribution is -2.36. The third-order valence-corrected chi connectivity index (χ3v) is 6.95. The van der Waals surface area contributed by atoms with Gasteiger partial charge in [0, 0.05) is 12.2 Å². The number of para-hydroxylation sites is 1. The summed E-state index contributed by atoms with van der Waals surface area (Å²) in [5.41, 5.74) is 3.45. The van der Waals surface area contributed by atoms with Gasteiger partial charge in [0.1, 0.15) is 5.75 Å². The molecule has 0 N–H and O–H groups in total. The van der Waals surface area contributed by atoms with Crippen LogP contribution in [0.2, 0.25) is 0 Å². The molecule has 3 aromatic carbocycles. The zero-order chi connectivity index (χ0) is 24.4. The molecule has 1 amide bonds. The van der Waals surface area contributed by atoms with Crippen molar-refractivity contribution >= 4 is 34.3 Å². The van der Waals surface area contributed by atoms with Gasteiger partial charge in [0.05, 0.1) is 41.1 Å². The summed E-state index contributed by atoms with van der Waals surface area (Å²) in [6, 6.07) is 21.8. The number of rotatable bonds is 5. The number of ether oxygens (including phenoxy) is 1. The number of benzene rings is 3. The van der Waals surface area contributed by atoms with Gasteiger partial charge in [-0.1, -0.05) is 23.9 Å². The summed E-state index contributed by atoms with van der Waals surface area (Å²) in [6.07, 6.45) is 1.77. The highest BCUT2D eigenvalue weighted by atomic mass is 32.2. The topological polar surface area (TPSA) is 88.2 Å². The highest BCUT2D eigenvalue weighted by Crippen LogP contribution is 2.31. The van der Waals surface area contributed by atoms with E-state index in [0.29, 0.717) is 33.9 Å². The van der Waals surface area contributed by atoms with Crippen LogP contribution in [-0.4, -0.2) is 34.9 Å². The number of thioether (sulfide) groups is 1. The van der Waals surface area contributed by atoms with Crippen molar-refractivity contribution in [2.75, 3.05) is 24.3 Å². The van der Waals surface area contributed by atoms with Gasteiger partial charge in [0.2, 0.25) is 5.91 Å². The maximum absolute atomic E-state index is 13.4. The van der Waals surface area contributed by atoms with Crippen LogP contribution in [0.3, 0.4) is 0 Å². The number of nitrogens with zero attached hydrogens (tertiary/aromatic N) is 4. The van der Waals surface area contributed by atoms with Gasteiger partial charge in [-0.2, -0.15) is 5.26 Å². The molecule has 0 fully saturated rings. The maximum atomic E-state index is 13.4. The molecule has 1 aliphatic rings. The number of carbonyl (C=O) groups is 1. The number of hydrogen-bond acceptors (Lipinski definition) is 6. The average molecular weight is 483 g/mol. The molecule has 0 saturated carbocycles. The first-order valence-corrected chi connectivity index (χ1v) is 12.2. The zero-order valence-electron chi connectivity index (χ0n) is 19.1. The Morgan fingerprint density at radius 1 is 1.14 bits per heavy atom. The molecule has 0 saturated heterocycles. The second-order valence-corrected chi connectivity index (χ2v) is 9.09.